The maximum absolute atomic E-state index is 13.0. The van der Waals surface area contributed by atoms with Crippen LogP contribution in [0.3, 0.4) is 0 Å². The van der Waals surface area contributed by atoms with E-state index in [9.17, 15) is 9.59 Å². The molecule has 0 heterocycles. The third kappa shape index (κ3) is 7.58. The second-order valence-electron chi connectivity index (χ2n) is 7.21. The van der Waals surface area contributed by atoms with E-state index in [1.54, 1.807) is 16.7 Å². The fourth-order valence-electron chi connectivity index (χ4n) is 3.07. The molecule has 0 saturated carbocycles. The largest absolute Gasteiger partial charge is 0.354 e. The molecule has 5 heteroatoms. The summed E-state index contributed by atoms with van der Waals surface area (Å²) in [4.78, 5) is 27.2. The van der Waals surface area contributed by atoms with Gasteiger partial charge in [0.15, 0.2) is 0 Å². The van der Waals surface area contributed by atoms with Crippen LogP contribution in [0.5, 0.6) is 0 Å². The maximum Gasteiger partial charge on any atom is 0.242 e. The van der Waals surface area contributed by atoms with E-state index >= 15 is 0 Å². The first-order valence-corrected chi connectivity index (χ1v) is 11.4. The zero-order valence-corrected chi connectivity index (χ0v) is 18.5. The molecule has 1 unspecified atom stereocenters. The number of nitrogens with zero attached hydrogens (tertiary/aromatic N) is 1. The first-order chi connectivity index (χ1) is 14.0. The Bertz CT molecular complexity index is 779. The van der Waals surface area contributed by atoms with Crippen LogP contribution in [0.15, 0.2) is 54.6 Å². The van der Waals surface area contributed by atoms with Crippen molar-refractivity contribution in [2.45, 2.75) is 45.4 Å². The summed E-state index contributed by atoms with van der Waals surface area (Å²) < 4.78 is 0. The Morgan fingerprint density at radius 3 is 2.45 bits per heavy atom. The van der Waals surface area contributed by atoms with Crippen LogP contribution in [0.2, 0.25) is 0 Å². The van der Waals surface area contributed by atoms with Gasteiger partial charge in [-0.1, -0.05) is 61.5 Å². The first kappa shape index (κ1) is 23.0. The minimum absolute atomic E-state index is 0.0127. The highest BCUT2D eigenvalue weighted by Crippen LogP contribution is 2.17. The lowest BCUT2D eigenvalue weighted by Gasteiger charge is -2.28. The molecule has 2 aromatic carbocycles. The van der Waals surface area contributed by atoms with Crippen LogP contribution in [-0.4, -0.2) is 41.6 Å². The molecule has 0 fully saturated rings. The van der Waals surface area contributed by atoms with E-state index in [-0.39, 0.29) is 11.8 Å². The van der Waals surface area contributed by atoms with Gasteiger partial charge >= 0.3 is 0 Å². The van der Waals surface area contributed by atoms with Crippen molar-refractivity contribution in [3.63, 3.8) is 0 Å². The van der Waals surface area contributed by atoms with Crippen molar-refractivity contribution in [2.75, 3.05) is 18.8 Å². The first-order valence-electron chi connectivity index (χ1n) is 10.3. The number of nitrogens with one attached hydrogen (secondary N) is 1. The predicted molar refractivity (Wildman–Crippen MR) is 122 cm³/mol. The van der Waals surface area contributed by atoms with Gasteiger partial charge in [0.1, 0.15) is 6.04 Å². The van der Waals surface area contributed by atoms with Gasteiger partial charge in [-0.2, -0.15) is 0 Å². The summed E-state index contributed by atoms with van der Waals surface area (Å²) in [7, 11) is 0. The van der Waals surface area contributed by atoms with Crippen LogP contribution in [0, 0.1) is 6.92 Å². The fourth-order valence-corrected chi connectivity index (χ4v) is 4.06. The second kappa shape index (κ2) is 12.3. The highest BCUT2D eigenvalue weighted by molar-refractivity contribution is 7.99. The van der Waals surface area contributed by atoms with Gasteiger partial charge in [0.25, 0.3) is 0 Å². The number of rotatable bonds is 11. The molecule has 4 nitrogen and oxygen atoms in total. The highest BCUT2D eigenvalue weighted by Gasteiger charge is 2.25. The number of thioether (sulfide) groups is 1. The molecule has 0 aromatic heterocycles. The molecule has 0 saturated heterocycles. The van der Waals surface area contributed by atoms with Gasteiger partial charge in [0.2, 0.25) is 11.8 Å². The summed E-state index contributed by atoms with van der Waals surface area (Å²) in [5.41, 5.74) is 3.65. The zero-order valence-electron chi connectivity index (χ0n) is 17.7. The number of aryl methyl sites for hydroxylation is 1. The summed E-state index contributed by atoms with van der Waals surface area (Å²) in [5, 5.41) is 2.92. The Morgan fingerprint density at radius 2 is 1.76 bits per heavy atom. The summed E-state index contributed by atoms with van der Waals surface area (Å²) in [6.07, 6.45) is 1.61. The van der Waals surface area contributed by atoms with Gasteiger partial charge in [0, 0.05) is 18.8 Å². The quantitative estimate of drug-likeness (QED) is 0.601. The van der Waals surface area contributed by atoms with Gasteiger partial charge in [-0.05, 0) is 43.4 Å². The number of hydrogen-bond acceptors (Lipinski definition) is 3. The lowest BCUT2D eigenvalue weighted by molar-refractivity contribution is -0.137. The lowest BCUT2D eigenvalue weighted by Crippen LogP contribution is -2.49. The van der Waals surface area contributed by atoms with Crippen molar-refractivity contribution >= 4 is 23.6 Å². The number of amides is 2. The van der Waals surface area contributed by atoms with E-state index in [2.05, 4.69) is 36.5 Å². The van der Waals surface area contributed by atoms with E-state index in [4.69, 9.17) is 0 Å². The highest BCUT2D eigenvalue weighted by atomic mass is 32.2. The van der Waals surface area contributed by atoms with E-state index in [1.807, 2.05) is 44.2 Å². The number of benzene rings is 2. The Morgan fingerprint density at radius 1 is 1.07 bits per heavy atom. The molecule has 0 aliphatic heterocycles. The molecule has 0 radical (unpaired) electrons. The van der Waals surface area contributed by atoms with Gasteiger partial charge in [0.05, 0.1) is 5.75 Å². The van der Waals surface area contributed by atoms with Crippen LogP contribution in [0.4, 0.5) is 0 Å². The van der Waals surface area contributed by atoms with Crippen LogP contribution in [0.1, 0.15) is 37.0 Å². The third-order valence-corrected chi connectivity index (χ3v) is 5.91. The summed E-state index contributed by atoms with van der Waals surface area (Å²) in [6.45, 7) is 7.09. The minimum Gasteiger partial charge on any atom is -0.354 e. The number of carbonyl (C=O) groups excluding carboxylic acids is 2. The molecule has 0 aliphatic rings. The van der Waals surface area contributed by atoms with Crippen molar-refractivity contribution in [3.8, 4) is 0 Å². The average Bonchev–Trinajstić information content (AvgIpc) is 2.74. The fraction of sp³-hybridized carbons (Fsp3) is 0.417. The summed E-state index contributed by atoms with van der Waals surface area (Å²) >= 11 is 1.60. The second-order valence-corrected chi connectivity index (χ2v) is 8.19. The Kier molecular flexibility index (Phi) is 9.78. The van der Waals surface area contributed by atoms with Gasteiger partial charge < -0.3 is 10.2 Å². The molecule has 0 bridgehead atoms. The van der Waals surface area contributed by atoms with E-state index in [0.29, 0.717) is 18.8 Å². The van der Waals surface area contributed by atoms with Crippen LogP contribution in [-0.2, 0) is 21.8 Å². The SMILES string of the molecule is CCCNC(=O)C(C)N(CCc1ccccc1)C(=O)CSCc1ccccc1C. The minimum atomic E-state index is -0.475. The van der Waals surface area contributed by atoms with Crippen molar-refractivity contribution in [1.29, 1.82) is 0 Å². The van der Waals surface area contributed by atoms with Crippen molar-refractivity contribution < 1.29 is 9.59 Å². The molecule has 2 rings (SSSR count). The van der Waals surface area contributed by atoms with Crippen LogP contribution in [0.25, 0.3) is 0 Å². The summed E-state index contributed by atoms with van der Waals surface area (Å²) in [6, 6.07) is 17.8. The zero-order chi connectivity index (χ0) is 21.1. The van der Waals surface area contributed by atoms with Gasteiger partial charge in [-0.15, -0.1) is 11.8 Å². The molecule has 0 aliphatic carbocycles. The van der Waals surface area contributed by atoms with E-state index < -0.39 is 6.04 Å². The predicted octanol–water partition coefficient (Wildman–Crippen LogP) is 4.21. The average molecular weight is 413 g/mol. The molecule has 156 valence electrons. The molecule has 0 spiro atoms. The Labute approximate surface area is 179 Å². The molecule has 1 atom stereocenters. The van der Waals surface area contributed by atoms with Gasteiger partial charge in [-0.25, -0.2) is 0 Å². The monoisotopic (exact) mass is 412 g/mol. The van der Waals surface area contributed by atoms with Crippen LogP contribution < -0.4 is 5.32 Å². The van der Waals surface area contributed by atoms with Crippen molar-refractivity contribution in [3.05, 3.63) is 71.3 Å². The van der Waals surface area contributed by atoms with E-state index in [1.165, 1.54) is 16.7 Å². The molecule has 1 N–H and O–H groups in total. The third-order valence-electron chi connectivity index (χ3n) is 4.95. The molecular formula is C24H32N2O2S. The molecule has 2 aromatic rings. The number of hydrogen-bond donors (Lipinski definition) is 1. The number of carbonyl (C=O) groups is 2. The standard InChI is InChI=1S/C24H32N2O2S/c1-4-15-25-24(28)20(3)26(16-14-21-11-6-5-7-12-21)23(27)18-29-17-22-13-9-8-10-19(22)2/h5-13,20H,4,14-18H2,1-3H3,(H,25,28). The molecule has 29 heavy (non-hydrogen) atoms. The van der Waals surface area contributed by atoms with Crippen LogP contribution >= 0.6 is 11.8 Å². The van der Waals surface area contributed by atoms with Crippen molar-refractivity contribution in [1.82, 2.24) is 10.2 Å². The Hall–Kier alpha value is -2.27. The smallest absolute Gasteiger partial charge is 0.242 e. The Balaban J connectivity index is 1.98. The molecular weight excluding hydrogens is 380 g/mol. The lowest BCUT2D eigenvalue weighted by atomic mass is 10.1. The van der Waals surface area contributed by atoms with Crippen molar-refractivity contribution in [2.24, 2.45) is 0 Å². The maximum atomic E-state index is 13.0. The van der Waals surface area contributed by atoms with Gasteiger partial charge in [-0.3, -0.25) is 9.59 Å². The molecule has 2 amide bonds. The van der Waals surface area contributed by atoms with E-state index in [0.717, 1.165) is 18.6 Å². The topological polar surface area (TPSA) is 49.4 Å². The summed E-state index contributed by atoms with van der Waals surface area (Å²) in [5.74, 6) is 1.09. The normalized spacial score (nSPS) is 11.7.